The first-order chi connectivity index (χ1) is 9.74. The maximum atomic E-state index is 4.30. The van der Waals surface area contributed by atoms with Crippen molar-refractivity contribution >= 4 is 17.0 Å². The van der Waals surface area contributed by atoms with E-state index in [0.717, 1.165) is 23.8 Å². The summed E-state index contributed by atoms with van der Waals surface area (Å²) in [4.78, 5) is 18.2. The van der Waals surface area contributed by atoms with E-state index in [1.54, 1.807) is 12.7 Å². The summed E-state index contributed by atoms with van der Waals surface area (Å²) in [6, 6.07) is 0.505. The van der Waals surface area contributed by atoms with E-state index in [9.17, 15) is 0 Å². The molecule has 0 bridgehead atoms. The van der Waals surface area contributed by atoms with Crippen LogP contribution in [0.25, 0.3) is 11.2 Å². The largest absolute Gasteiger partial charge is 0.367 e. The summed E-state index contributed by atoms with van der Waals surface area (Å²) in [7, 11) is 0. The molecule has 1 fully saturated rings. The second kappa shape index (κ2) is 5.75. The van der Waals surface area contributed by atoms with Gasteiger partial charge in [-0.25, -0.2) is 15.0 Å². The third-order valence-electron chi connectivity index (χ3n) is 4.10. The molecule has 0 radical (unpaired) electrons. The molecule has 2 N–H and O–H groups in total. The lowest BCUT2D eigenvalue weighted by molar-refractivity contribution is 0.144. The molecule has 2 atom stereocenters. The summed E-state index contributed by atoms with van der Waals surface area (Å²) in [6.07, 6.45) is 5.88. The summed E-state index contributed by atoms with van der Waals surface area (Å²) in [5.41, 5.74) is 1.59. The van der Waals surface area contributed by atoms with Crippen LogP contribution in [0.4, 0.5) is 5.82 Å². The van der Waals surface area contributed by atoms with Crippen molar-refractivity contribution in [1.82, 2.24) is 24.8 Å². The van der Waals surface area contributed by atoms with Crippen molar-refractivity contribution in [3.63, 3.8) is 0 Å². The first-order valence-corrected chi connectivity index (χ1v) is 7.36. The van der Waals surface area contributed by atoms with Crippen LogP contribution in [0.2, 0.25) is 0 Å². The number of nitrogens with zero attached hydrogens (tertiary/aromatic N) is 4. The topological polar surface area (TPSA) is 69.7 Å². The Bertz CT molecular complexity index is 566. The normalized spacial score (nSPS) is 22.0. The van der Waals surface area contributed by atoms with Crippen LogP contribution in [-0.2, 0) is 0 Å². The van der Waals surface area contributed by atoms with Crippen LogP contribution in [0, 0.1) is 5.92 Å². The van der Waals surface area contributed by atoms with Gasteiger partial charge in [-0.15, -0.1) is 0 Å². The van der Waals surface area contributed by atoms with Crippen molar-refractivity contribution < 1.29 is 0 Å². The predicted molar refractivity (Wildman–Crippen MR) is 79.6 cm³/mol. The monoisotopic (exact) mass is 274 g/mol. The summed E-state index contributed by atoms with van der Waals surface area (Å²) >= 11 is 0. The van der Waals surface area contributed by atoms with E-state index in [4.69, 9.17) is 0 Å². The van der Waals surface area contributed by atoms with Crippen LogP contribution in [0.5, 0.6) is 0 Å². The van der Waals surface area contributed by atoms with E-state index >= 15 is 0 Å². The van der Waals surface area contributed by atoms with E-state index in [1.165, 1.54) is 25.9 Å². The zero-order valence-electron chi connectivity index (χ0n) is 12.1. The van der Waals surface area contributed by atoms with Gasteiger partial charge in [-0.1, -0.05) is 6.92 Å². The quantitative estimate of drug-likeness (QED) is 0.891. The van der Waals surface area contributed by atoms with Crippen LogP contribution in [0.1, 0.15) is 26.7 Å². The lowest BCUT2D eigenvalue weighted by Gasteiger charge is -2.35. The number of likely N-dealkylation sites (tertiary alicyclic amines) is 1. The molecular weight excluding hydrogens is 252 g/mol. The number of aromatic amines is 1. The van der Waals surface area contributed by atoms with Crippen LogP contribution in [0.15, 0.2) is 12.7 Å². The molecule has 3 rings (SSSR count). The zero-order valence-corrected chi connectivity index (χ0v) is 12.1. The molecule has 20 heavy (non-hydrogen) atoms. The van der Waals surface area contributed by atoms with Crippen molar-refractivity contribution in [1.29, 1.82) is 0 Å². The molecule has 1 saturated heterocycles. The predicted octanol–water partition coefficient (Wildman–Crippen LogP) is 1.89. The van der Waals surface area contributed by atoms with E-state index in [1.807, 2.05) is 0 Å². The molecule has 0 aliphatic carbocycles. The SMILES string of the molecule is C[C@H]1CCCN([C@@H](C)CNc2ncnc3nc[nH]c23)C1. The summed E-state index contributed by atoms with van der Waals surface area (Å²) < 4.78 is 0. The summed E-state index contributed by atoms with van der Waals surface area (Å²) in [6.45, 7) is 7.90. The Balaban J connectivity index is 1.62. The minimum absolute atomic E-state index is 0.505. The van der Waals surface area contributed by atoms with Gasteiger partial charge in [0.1, 0.15) is 11.8 Å². The fraction of sp³-hybridized carbons (Fsp3) is 0.643. The molecule has 0 saturated carbocycles. The molecule has 0 spiro atoms. The first-order valence-electron chi connectivity index (χ1n) is 7.36. The van der Waals surface area contributed by atoms with Gasteiger partial charge in [0.2, 0.25) is 0 Å². The molecule has 2 aromatic heterocycles. The summed E-state index contributed by atoms with van der Waals surface area (Å²) in [5.74, 6) is 1.65. The van der Waals surface area contributed by atoms with E-state index in [0.29, 0.717) is 11.7 Å². The van der Waals surface area contributed by atoms with Crippen molar-refractivity contribution in [3.05, 3.63) is 12.7 Å². The van der Waals surface area contributed by atoms with Crippen LogP contribution in [-0.4, -0.2) is 50.5 Å². The fourth-order valence-electron chi connectivity index (χ4n) is 2.90. The second-order valence-corrected chi connectivity index (χ2v) is 5.80. The average molecular weight is 274 g/mol. The molecule has 6 nitrogen and oxygen atoms in total. The number of H-pyrrole nitrogens is 1. The zero-order chi connectivity index (χ0) is 13.9. The molecule has 0 unspecified atom stereocenters. The fourth-order valence-corrected chi connectivity index (χ4v) is 2.90. The molecule has 0 aromatic carbocycles. The molecule has 1 aliphatic rings. The van der Waals surface area contributed by atoms with E-state index < -0.39 is 0 Å². The van der Waals surface area contributed by atoms with Gasteiger partial charge in [0, 0.05) is 19.1 Å². The van der Waals surface area contributed by atoms with Gasteiger partial charge in [0.25, 0.3) is 0 Å². The number of imidazole rings is 1. The van der Waals surface area contributed by atoms with Crippen LogP contribution >= 0.6 is 0 Å². The molecule has 108 valence electrons. The number of hydrogen-bond donors (Lipinski definition) is 2. The maximum absolute atomic E-state index is 4.30. The Morgan fingerprint density at radius 1 is 1.45 bits per heavy atom. The van der Waals surface area contributed by atoms with Crippen molar-refractivity contribution in [2.24, 2.45) is 5.92 Å². The molecule has 3 heterocycles. The number of nitrogens with one attached hydrogen (secondary N) is 2. The highest BCUT2D eigenvalue weighted by atomic mass is 15.2. The lowest BCUT2D eigenvalue weighted by Crippen LogP contribution is -2.43. The average Bonchev–Trinajstić information content (AvgIpc) is 2.93. The minimum atomic E-state index is 0.505. The van der Waals surface area contributed by atoms with E-state index in [2.05, 4.69) is 44.0 Å². The molecule has 1 aliphatic heterocycles. The van der Waals surface area contributed by atoms with Gasteiger partial charge in [-0.2, -0.15) is 0 Å². The smallest absolute Gasteiger partial charge is 0.182 e. The van der Waals surface area contributed by atoms with Gasteiger partial charge in [0.15, 0.2) is 11.5 Å². The number of piperidine rings is 1. The van der Waals surface area contributed by atoms with Crippen LogP contribution in [0.3, 0.4) is 0 Å². The summed E-state index contributed by atoms with van der Waals surface area (Å²) in [5, 5.41) is 3.42. The Kier molecular flexibility index (Phi) is 3.82. The highest BCUT2D eigenvalue weighted by Crippen LogP contribution is 2.19. The van der Waals surface area contributed by atoms with Gasteiger partial charge in [-0.3, -0.25) is 4.90 Å². The Hall–Kier alpha value is -1.69. The molecule has 6 heteroatoms. The molecular formula is C14H22N6. The first kappa shape index (κ1) is 13.3. The number of hydrogen-bond acceptors (Lipinski definition) is 5. The lowest BCUT2D eigenvalue weighted by atomic mass is 9.99. The molecule has 2 aromatic rings. The van der Waals surface area contributed by atoms with Gasteiger partial charge in [-0.05, 0) is 32.2 Å². The third-order valence-corrected chi connectivity index (χ3v) is 4.10. The van der Waals surface area contributed by atoms with Gasteiger partial charge >= 0.3 is 0 Å². The number of aromatic nitrogens is 4. The highest BCUT2D eigenvalue weighted by Gasteiger charge is 2.20. The van der Waals surface area contributed by atoms with Crippen LogP contribution < -0.4 is 5.32 Å². The van der Waals surface area contributed by atoms with Gasteiger partial charge in [0.05, 0.1) is 6.33 Å². The van der Waals surface area contributed by atoms with Crippen molar-refractivity contribution in [2.45, 2.75) is 32.7 Å². The van der Waals surface area contributed by atoms with E-state index in [-0.39, 0.29) is 0 Å². The highest BCUT2D eigenvalue weighted by molar-refractivity contribution is 5.81. The Morgan fingerprint density at radius 2 is 2.35 bits per heavy atom. The maximum Gasteiger partial charge on any atom is 0.182 e. The standard InChI is InChI=1S/C14H22N6/c1-10-4-3-5-20(7-10)11(2)6-15-13-12-14(17-8-16-12)19-9-18-13/h8-11H,3-7H2,1-2H3,(H2,15,16,17,18,19)/t10-,11-/m0/s1. The van der Waals surface area contributed by atoms with Crippen molar-refractivity contribution in [2.75, 3.05) is 25.0 Å². The third kappa shape index (κ3) is 2.75. The van der Waals surface area contributed by atoms with Crippen molar-refractivity contribution in [3.8, 4) is 0 Å². The Morgan fingerprint density at radius 3 is 3.20 bits per heavy atom. The minimum Gasteiger partial charge on any atom is -0.367 e. The second-order valence-electron chi connectivity index (χ2n) is 5.80. The number of rotatable bonds is 4. The molecule has 0 amide bonds. The van der Waals surface area contributed by atoms with Gasteiger partial charge < -0.3 is 10.3 Å². The number of anilines is 1. The number of fused-ring (bicyclic) bond motifs is 1. The Labute approximate surface area is 119 Å².